The lowest BCUT2D eigenvalue weighted by Gasteiger charge is -1.90. The van der Waals surface area contributed by atoms with Crippen LogP contribution >= 0.6 is 22.9 Å². The molecule has 0 bridgehead atoms. The van der Waals surface area contributed by atoms with E-state index >= 15 is 0 Å². The quantitative estimate of drug-likeness (QED) is 0.598. The molecule has 0 aliphatic heterocycles. The Morgan fingerprint density at radius 1 is 1.17 bits per heavy atom. The number of hydrogen-bond acceptors (Lipinski definition) is 2. The highest BCUT2D eigenvalue weighted by molar-refractivity contribution is 7.12. The Bertz CT molecular complexity index is 616. The van der Waals surface area contributed by atoms with Gasteiger partial charge in [-0.05, 0) is 29.5 Å². The summed E-state index contributed by atoms with van der Waals surface area (Å²) < 4.78 is 0. The van der Waals surface area contributed by atoms with Gasteiger partial charge in [-0.2, -0.15) is 0 Å². The molecule has 0 fully saturated rings. The van der Waals surface area contributed by atoms with Crippen LogP contribution in [0.2, 0.25) is 0 Å². The number of allylic oxidation sites excluding steroid dienone is 1. The molecule has 0 N–H and O–H groups in total. The van der Waals surface area contributed by atoms with Crippen LogP contribution in [0, 0.1) is 11.8 Å². The van der Waals surface area contributed by atoms with E-state index in [2.05, 4.69) is 11.8 Å². The van der Waals surface area contributed by atoms with E-state index in [-0.39, 0.29) is 5.78 Å². The summed E-state index contributed by atoms with van der Waals surface area (Å²) in [5, 5.41) is 2.34. The van der Waals surface area contributed by atoms with Gasteiger partial charge in [0.15, 0.2) is 0 Å². The zero-order valence-electron chi connectivity index (χ0n) is 9.39. The maximum Gasteiger partial charge on any atom is 0.230 e. The van der Waals surface area contributed by atoms with Crippen LogP contribution in [0.4, 0.5) is 0 Å². The number of ketones is 1. The highest BCUT2D eigenvalue weighted by Gasteiger charge is 2.00. The monoisotopic (exact) mass is 272 g/mol. The van der Waals surface area contributed by atoms with Crippen LogP contribution in [-0.4, -0.2) is 5.78 Å². The summed E-state index contributed by atoms with van der Waals surface area (Å²) in [6.45, 7) is 0. The van der Waals surface area contributed by atoms with Crippen molar-refractivity contribution in [1.82, 2.24) is 0 Å². The van der Waals surface area contributed by atoms with Crippen molar-refractivity contribution in [3.8, 4) is 11.8 Å². The summed E-state index contributed by atoms with van der Waals surface area (Å²) in [5.74, 6) is 5.05. The lowest BCUT2D eigenvalue weighted by molar-refractivity contribution is -0.109. The molecule has 0 saturated heterocycles. The summed E-state index contributed by atoms with van der Waals surface area (Å²) in [5.41, 5.74) is 0.812. The van der Waals surface area contributed by atoms with Gasteiger partial charge >= 0.3 is 0 Å². The average Bonchev–Trinajstić information content (AvgIpc) is 2.91. The Kier molecular flexibility index (Phi) is 4.35. The third-order valence-electron chi connectivity index (χ3n) is 2.12. The molecule has 2 aromatic rings. The molecule has 1 aromatic carbocycles. The summed E-state index contributed by atoms with van der Waals surface area (Å²) in [6.07, 6.45) is 1.35. The second kappa shape index (κ2) is 6.20. The van der Waals surface area contributed by atoms with Crippen molar-refractivity contribution < 1.29 is 4.79 Å². The Hall–Kier alpha value is -1.82. The van der Waals surface area contributed by atoms with Crippen molar-refractivity contribution in [3.63, 3.8) is 0 Å². The lowest BCUT2D eigenvalue weighted by atomic mass is 10.2. The summed E-state index contributed by atoms with van der Waals surface area (Å²) in [4.78, 5) is 12.5. The predicted molar refractivity (Wildman–Crippen MR) is 76.5 cm³/mol. The molecule has 88 valence electrons. The smallest absolute Gasteiger partial charge is 0.230 e. The number of rotatable bonds is 2. The fourth-order valence-electron chi connectivity index (χ4n) is 1.29. The van der Waals surface area contributed by atoms with Crippen molar-refractivity contribution >= 4 is 33.8 Å². The van der Waals surface area contributed by atoms with Gasteiger partial charge in [0.2, 0.25) is 5.78 Å². The number of hydrogen-bond donors (Lipinski definition) is 0. The molecule has 0 saturated carbocycles. The van der Waals surface area contributed by atoms with Gasteiger partial charge in [-0.1, -0.05) is 41.8 Å². The molecule has 0 amide bonds. The molecular formula is C15H9ClOS. The molecule has 1 heterocycles. The minimum Gasteiger partial charge on any atom is -0.280 e. The minimum atomic E-state index is -0.294. The van der Waals surface area contributed by atoms with E-state index in [1.54, 1.807) is 0 Å². The van der Waals surface area contributed by atoms with Crippen molar-refractivity contribution in [3.05, 3.63) is 64.4 Å². The van der Waals surface area contributed by atoms with Crippen LogP contribution in [0.15, 0.2) is 53.9 Å². The van der Waals surface area contributed by atoms with E-state index in [1.807, 2.05) is 47.8 Å². The Labute approximate surface area is 115 Å². The molecule has 0 radical (unpaired) electrons. The van der Waals surface area contributed by atoms with Crippen molar-refractivity contribution in [2.45, 2.75) is 0 Å². The molecule has 0 atom stereocenters. The molecule has 2 rings (SSSR count). The van der Waals surface area contributed by atoms with Crippen molar-refractivity contribution in [2.75, 3.05) is 0 Å². The number of thiophene rings is 1. The zero-order valence-corrected chi connectivity index (χ0v) is 11.0. The van der Waals surface area contributed by atoms with Crippen LogP contribution < -0.4 is 0 Å². The van der Waals surface area contributed by atoms with Crippen LogP contribution in [0.5, 0.6) is 0 Å². The van der Waals surface area contributed by atoms with Crippen molar-refractivity contribution in [2.24, 2.45) is 0 Å². The third-order valence-corrected chi connectivity index (χ3v) is 3.45. The molecule has 1 aromatic heterocycles. The van der Waals surface area contributed by atoms with E-state index in [9.17, 15) is 4.79 Å². The first-order valence-corrected chi connectivity index (χ1v) is 6.53. The highest BCUT2D eigenvalue weighted by atomic mass is 35.5. The van der Waals surface area contributed by atoms with E-state index in [0.29, 0.717) is 5.03 Å². The largest absolute Gasteiger partial charge is 0.280 e. The van der Waals surface area contributed by atoms with E-state index in [0.717, 1.165) is 10.4 Å². The number of carbonyl (C=O) groups excluding carboxylic acids is 1. The maximum absolute atomic E-state index is 11.6. The van der Waals surface area contributed by atoms with Gasteiger partial charge in [-0.3, -0.25) is 4.79 Å². The van der Waals surface area contributed by atoms with E-state index in [1.165, 1.54) is 17.4 Å². The Morgan fingerprint density at radius 3 is 2.61 bits per heavy atom. The summed E-state index contributed by atoms with van der Waals surface area (Å²) >= 11 is 7.49. The van der Waals surface area contributed by atoms with Crippen LogP contribution in [0.25, 0.3) is 5.03 Å². The second-order valence-electron chi connectivity index (χ2n) is 3.45. The fourth-order valence-corrected chi connectivity index (χ4v) is 2.22. The van der Waals surface area contributed by atoms with Gasteiger partial charge < -0.3 is 0 Å². The maximum atomic E-state index is 11.6. The first kappa shape index (κ1) is 12.6. The SMILES string of the molecule is O=C(C#Cc1ccccc1)/C=C(\Cl)c1cccs1. The molecule has 3 heteroatoms. The first-order chi connectivity index (χ1) is 8.75. The van der Waals surface area contributed by atoms with Gasteiger partial charge in [0.05, 0.1) is 5.03 Å². The minimum absolute atomic E-state index is 0.294. The topological polar surface area (TPSA) is 17.1 Å². The number of carbonyl (C=O) groups is 1. The molecule has 18 heavy (non-hydrogen) atoms. The standard InChI is InChI=1S/C15H9ClOS/c16-14(15-7-4-10-18-15)11-13(17)9-8-12-5-2-1-3-6-12/h1-7,10-11H/b14-11-. The van der Waals surface area contributed by atoms with Crippen molar-refractivity contribution in [1.29, 1.82) is 0 Å². The Balaban J connectivity index is 2.10. The fraction of sp³-hybridized carbons (Fsp3) is 0. The van der Waals surface area contributed by atoms with E-state index in [4.69, 9.17) is 11.6 Å². The lowest BCUT2D eigenvalue weighted by Crippen LogP contribution is -1.87. The molecule has 0 spiro atoms. The van der Waals surface area contributed by atoms with Gasteiger partial charge in [0.1, 0.15) is 0 Å². The van der Waals surface area contributed by atoms with Crippen LogP contribution in [0.3, 0.4) is 0 Å². The second-order valence-corrected chi connectivity index (χ2v) is 4.80. The normalized spacial score (nSPS) is 10.6. The number of benzene rings is 1. The van der Waals surface area contributed by atoms with Gasteiger partial charge in [-0.25, -0.2) is 0 Å². The third kappa shape index (κ3) is 3.59. The average molecular weight is 273 g/mol. The molecule has 1 nitrogen and oxygen atoms in total. The molecule has 0 aliphatic carbocycles. The first-order valence-electron chi connectivity index (χ1n) is 5.28. The highest BCUT2D eigenvalue weighted by Crippen LogP contribution is 2.23. The van der Waals surface area contributed by atoms with Gasteiger partial charge in [0, 0.05) is 16.5 Å². The molecular weight excluding hydrogens is 264 g/mol. The van der Waals surface area contributed by atoms with E-state index < -0.39 is 0 Å². The Morgan fingerprint density at radius 2 is 1.94 bits per heavy atom. The summed E-state index contributed by atoms with van der Waals surface area (Å²) in [7, 11) is 0. The van der Waals surface area contributed by atoms with Gasteiger partial charge in [0.25, 0.3) is 0 Å². The summed E-state index contributed by atoms with van der Waals surface area (Å²) in [6, 6.07) is 13.1. The molecule has 0 aliphatic rings. The van der Waals surface area contributed by atoms with Crippen LogP contribution in [-0.2, 0) is 4.79 Å². The van der Waals surface area contributed by atoms with Crippen LogP contribution in [0.1, 0.15) is 10.4 Å². The zero-order chi connectivity index (χ0) is 12.8. The number of halogens is 1. The predicted octanol–water partition coefficient (Wildman–Crippen LogP) is 3.95. The van der Waals surface area contributed by atoms with Gasteiger partial charge in [-0.15, -0.1) is 11.3 Å². The molecule has 0 unspecified atom stereocenters.